The van der Waals surface area contributed by atoms with Crippen molar-refractivity contribution < 1.29 is 5.11 Å². The van der Waals surface area contributed by atoms with E-state index in [4.69, 9.17) is 0 Å². The predicted molar refractivity (Wildman–Crippen MR) is 63.3 cm³/mol. The molecule has 82 valence electrons. The Morgan fingerprint density at radius 3 is 2.38 bits per heavy atom. The molecule has 2 rings (SSSR count). The van der Waals surface area contributed by atoms with Crippen molar-refractivity contribution in [3.05, 3.63) is 71.7 Å². The molecule has 1 aliphatic rings. The van der Waals surface area contributed by atoms with Crippen molar-refractivity contribution in [2.45, 2.75) is 13.0 Å². The Hall–Kier alpha value is -1.96. The first-order valence-electron chi connectivity index (χ1n) is 5.35. The van der Waals surface area contributed by atoms with Gasteiger partial charge in [0.1, 0.15) is 0 Å². The van der Waals surface area contributed by atoms with Gasteiger partial charge < -0.3 is 10.4 Å². The van der Waals surface area contributed by atoms with Crippen LogP contribution >= 0.6 is 0 Å². The zero-order chi connectivity index (χ0) is 11.4. The topological polar surface area (TPSA) is 35.1 Å². The standard InChI is InChI=1S/C14H15NO/c1-11(12-7-3-2-4-8-12)15-14(16)13-9-5-6-10-13/h2-11,15-16H,1H3/p-1/t11-/m0/s1. The zero-order valence-electron chi connectivity index (χ0n) is 9.18. The molecule has 0 fully saturated rings. The van der Waals surface area contributed by atoms with Crippen LogP contribution in [0.3, 0.4) is 0 Å². The Balaban J connectivity index is 2.08. The molecule has 2 nitrogen and oxygen atoms in total. The minimum absolute atomic E-state index is 0.0265. The van der Waals surface area contributed by atoms with Gasteiger partial charge >= 0.3 is 0 Å². The first-order valence-corrected chi connectivity index (χ1v) is 5.35. The van der Waals surface area contributed by atoms with Gasteiger partial charge in [-0.1, -0.05) is 54.6 Å². The summed E-state index contributed by atoms with van der Waals surface area (Å²) >= 11 is 0. The van der Waals surface area contributed by atoms with Crippen molar-refractivity contribution in [2.75, 3.05) is 0 Å². The first-order chi connectivity index (χ1) is 7.77. The summed E-state index contributed by atoms with van der Waals surface area (Å²) in [7, 11) is 0. The van der Waals surface area contributed by atoms with E-state index in [0.29, 0.717) is 5.57 Å². The van der Waals surface area contributed by atoms with Crippen LogP contribution in [0.2, 0.25) is 0 Å². The average Bonchev–Trinajstić information content (AvgIpc) is 2.83. The fraction of sp³-hybridized carbons (Fsp3) is 0.143. The Morgan fingerprint density at radius 2 is 1.75 bits per heavy atom. The molecule has 0 bridgehead atoms. The molecule has 0 saturated heterocycles. The van der Waals surface area contributed by atoms with Gasteiger partial charge in [-0.3, -0.25) is 0 Å². The molecule has 1 atom stereocenters. The number of nitrogens with one attached hydrogen (secondary N) is 1. The van der Waals surface area contributed by atoms with Gasteiger partial charge in [0.25, 0.3) is 0 Å². The molecule has 0 aromatic heterocycles. The third-order valence-electron chi connectivity index (χ3n) is 2.57. The van der Waals surface area contributed by atoms with Gasteiger partial charge in [0, 0.05) is 6.04 Å². The van der Waals surface area contributed by atoms with Gasteiger partial charge in [-0.2, -0.15) is 0 Å². The van der Waals surface area contributed by atoms with Crippen LogP contribution in [0.15, 0.2) is 66.1 Å². The molecule has 16 heavy (non-hydrogen) atoms. The predicted octanol–water partition coefficient (Wildman–Crippen LogP) is 2.04. The molecule has 0 aliphatic heterocycles. The molecule has 1 aromatic carbocycles. The Kier molecular flexibility index (Phi) is 3.10. The molecule has 0 radical (unpaired) electrons. The molecule has 0 saturated carbocycles. The Bertz CT molecular complexity index is 429. The van der Waals surface area contributed by atoms with Crippen molar-refractivity contribution in [2.24, 2.45) is 0 Å². The van der Waals surface area contributed by atoms with Crippen molar-refractivity contribution in [1.82, 2.24) is 5.32 Å². The van der Waals surface area contributed by atoms with Gasteiger partial charge in [-0.05, 0) is 23.9 Å². The van der Waals surface area contributed by atoms with E-state index in [-0.39, 0.29) is 11.9 Å². The fourth-order valence-corrected chi connectivity index (χ4v) is 1.63. The molecule has 1 aromatic rings. The van der Waals surface area contributed by atoms with Crippen molar-refractivity contribution in [3.8, 4) is 0 Å². The van der Waals surface area contributed by atoms with E-state index in [1.807, 2.05) is 61.6 Å². The number of allylic oxidation sites excluding steroid dienone is 5. The monoisotopic (exact) mass is 212 g/mol. The quantitative estimate of drug-likeness (QED) is 0.778. The lowest BCUT2D eigenvalue weighted by atomic mass is 10.1. The SMILES string of the molecule is C[C@H](NC([O-])=C1C=CC=C1)c1ccccc1. The van der Waals surface area contributed by atoms with Crippen LogP contribution in [0.5, 0.6) is 0 Å². The normalized spacial score (nSPS) is 15.2. The largest absolute Gasteiger partial charge is 0.860 e. The molecule has 0 amide bonds. The second kappa shape index (κ2) is 4.71. The lowest BCUT2D eigenvalue weighted by molar-refractivity contribution is -0.314. The van der Waals surface area contributed by atoms with Crippen LogP contribution < -0.4 is 10.4 Å². The summed E-state index contributed by atoms with van der Waals surface area (Å²) in [6.45, 7) is 1.98. The summed E-state index contributed by atoms with van der Waals surface area (Å²) in [5.41, 5.74) is 1.82. The molecule has 0 unspecified atom stereocenters. The number of benzene rings is 1. The zero-order valence-corrected chi connectivity index (χ0v) is 9.18. The fourth-order valence-electron chi connectivity index (χ4n) is 1.63. The van der Waals surface area contributed by atoms with Crippen molar-refractivity contribution in [1.29, 1.82) is 0 Å². The number of rotatable bonds is 3. The van der Waals surface area contributed by atoms with Gasteiger partial charge in [0.15, 0.2) is 0 Å². The van der Waals surface area contributed by atoms with Gasteiger partial charge in [0.05, 0.1) is 0 Å². The van der Waals surface area contributed by atoms with Crippen LogP contribution in [0.4, 0.5) is 0 Å². The van der Waals surface area contributed by atoms with E-state index in [2.05, 4.69) is 5.32 Å². The highest BCUT2D eigenvalue weighted by atomic mass is 16.3. The smallest absolute Gasteiger partial charge is 0.0474 e. The lowest BCUT2D eigenvalue weighted by Crippen LogP contribution is -2.27. The van der Waals surface area contributed by atoms with Crippen molar-refractivity contribution >= 4 is 0 Å². The van der Waals surface area contributed by atoms with Crippen LogP contribution in [-0.4, -0.2) is 0 Å². The molecule has 0 spiro atoms. The van der Waals surface area contributed by atoms with Gasteiger partial charge in [-0.25, -0.2) is 0 Å². The van der Waals surface area contributed by atoms with Crippen LogP contribution in [0, 0.1) is 0 Å². The Morgan fingerprint density at radius 1 is 1.12 bits per heavy atom. The second-order valence-electron chi connectivity index (χ2n) is 3.78. The van der Waals surface area contributed by atoms with E-state index in [0.717, 1.165) is 5.56 Å². The summed E-state index contributed by atoms with van der Waals surface area (Å²) in [6, 6.07) is 9.96. The summed E-state index contributed by atoms with van der Waals surface area (Å²) < 4.78 is 0. The van der Waals surface area contributed by atoms with E-state index in [1.165, 1.54) is 0 Å². The van der Waals surface area contributed by atoms with Crippen LogP contribution in [0.25, 0.3) is 0 Å². The van der Waals surface area contributed by atoms with E-state index in [1.54, 1.807) is 0 Å². The molecule has 1 N–H and O–H groups in total. The third-order valence-corrected chi connectivity index (χ3v) is 2.57. The summed E-state index contributed by atoms with van der Waals surface area (Å²) in [6.07, 6.45) is 7.35. The average molecular weight is 212 g/mol. The van der Waals surface area contributed by atoms with Gasteiger partial charge in [-0.15, -0.1) is 0 Å². The summed E-state index contributed by atoms with van der Waals surface area (Å²) in [5.74, 6) is -0.0265. The molecule has 0 heterocycles. The molecular weight excluding hydrogens is 198 g/mol. The van der Waals surface area contributed by atoms with E-state index >= 15 is 0 Å². The lowest BCUT2D eigenvalue weighted by Gasteiger charge is -2.23. The third kappa shape index (κ3) is 2.34. The van der Waals surface area contributed by atoms with Gasteiger partial charge in [0.2, 0.25) is 0 Å². The number of hydrogen-bond donors (Lipinski definition) is 1. The summed E-state index contributed by atoms with van der Waals surface area (Å²) in [4.78, 5) is 0. The van der Waals surface area contributed by atoms with E-state index in [9.17, 15) is 5.11 Å². The van der Waals surface area contributed by atoms with Crippen LogP contribution in [-0.2, 0) is 0 Å². The first kappa shape index (κ1) is 10.6. The van der Waals surface area contributed by atoms with Crippen molar-refractivity contribution in [3.63, 3.8) is 0 Å². The maximum absolute atomic E-state index is 11.8. The maximum Gasteiger partial charge on any atom is 0.0474 e. The highest BCUT2D eigenvalue weighted by Gasteiger charge is 2.03. The number of hydrogen-bond acceptors (Lipinski definition) is 2. The molecule has 1 aliphatic carbocycles. The Labute approximate surface area is 95.6 Å². The van der Waals surface area contributed by atoms with Crippen LogP contribution in [0.1, 0.15) is 18.5 Å². The van der Waals surface area contributed by atoms with E-state index < -0.39 is 0 Å². The highest BCUT2D eigenvalue weighted by Crippen LogP contribution is 2.14. The minimum atomic E-state index is -0.0265. The second-order valence-corrected chi connectivity index (χ2v) is 3.78. The maximum atomic E-state index is 11.8. The minimum Gasteiger partial charge on any atom is -0.860 e. The molecule has 2 heteroatoms. The molecular formula is C14H14NO-. The highest BCUT2D eigenvalue weighted by molar-refractivity contribution is 5.41. The summed E-state index contributed by atoms with van der Waals surface area (Å²) in [5, 5.41) is 14.7.